The molecule has 0 fully saturated rings. The van der Waals surface area contributed by atoms with Crippen molar-refractivity contribution in [3.8, 4) is 0 Å². The number of nitrogens with zero attached hydrogens (tertiary/aromatic N) is 1. The second-order valence-electron chi connectivity index (χ2n) is 4.28. The third kappa shape index (κ3) is 3.17. The summed E-state index contributed by atoms with van der Waals surface area (Å²) in [4.78, 5) is 4.18. The molecule has 2 aromatic carbocycles. The minimum absolute atomic E-state index is 1.06. The van der Waals surface area contributed by atoms with Gasteiger partial charge in [0.2, 0.25) is 0 Å². The molecule has 0 amide bonds. The monoisotopic (exact) mass is 235 g/mol. The van der Waals surface area contributed by atoms with Crippen molar-refractivity contribution in [2.75, 3.05) is 0 Å². The molecule has 1 nitrogen and oxygen atoms in total. The Labute approximate surface area is 108 Å². The van der Waals surface area contributed by atoms with Crippen LogP contribution in [0.1, 0.15) is 11.1 Å². The van der Waals surface area contributed by atoms with Crippen molar-refractivity contribution >= 4 is 10.9 Å². The van der Waals surface area contributed by atoms with Gasteiger partial charge in [0.25, 0.3) is 0 Å². The first kappa shape index (κ1) is 12.3. The average molecular weight is 235 g/mol. The smallest absolute Gasteiger partial charge is 0.0701 e. The van der Waals surface area contributed by atoms with E-state index in [0.717, 1.165) is 5.52 Å². The van der Waals surface area contributed by atoms with Crippen LogP contribution in [0.15, 0.2) is 66.9 Å². The van der Waals surface area contributed by atoms with Crippen LogP contribution in [0.2, 0.25) is 0 Å². The van der Waals surface area contributed by atoms with E-state index in [-0.39, 0.29) is 0 Å². The number of pyridine rings is 1. The van der Waals surface area contributed by atoms with Gasteiger partial charge in [-0.25, -0.2) is 0 Å². The molecule has 0 saturated heterocycles. The van der Waals surface area contributed by atoms with Crippen molar-refractivity contribution in [3.63, 3.8) is 0 Å². The maximum absolute atomic E-state index is 4.18. The molecule has 18 heavy (non-hydrogen) atoms. The van der Waals surface area contributed by atoms with Crippen molar-refractivity contribution < 1.29 is 0 Å². The van der Waals surface area contributed by atoms with E-state index in [2.05, 4.69) is 55.2 Å². The fourth-order valence-electron chi connectivity index (χ4n) is 1.68. The molecule has 0 atom stereocenters. The summed E-state index contributed by atoms with van der Waals surface area (Å²) in [6.07, 6.45) is 1.81. The Morgan fingerprint density at radius 1 is 0.667 bits per heavy atom. The Bertz CT molecular complexity index is 543. The summed E-state index contributed by atoms with van der Waals surface area (Å²) in [5.41, 5.74) is 3.80. The first-order valence-corrected chi connectivity index (χ1v) is 6.09. The molecule has 1 heterocycles. The zero-order chi connectivity index (χ0) is 12.8. The summed E-state index contributed by atoms with van der Waals surface area (Å²) in [6.45, 7) is 4.24. The first-order chi connectivity index (χ1) is 8.77. The zero-order valence-electron chi connectivity index (χ0n) is 10.8. The van der Waals surface area contributed by atoms with Gasteiger partial charge in [-0.05, 0) is 37.1 Å². The van der Waals surface area contributed by atoms with Crippen LogP contribution in [0.4, 0.5) is 0 Å². The van der Waals surface area contributed by atoms with Gasteiger partial charge in [0.1, 0.15) is 0 Å². The van der Waals surface area contributed by atoms with Gasteiger partial charge in [-0.3, -0.25) is 4.98 Å². The predicted molar refractivity (Wildman–Crippen MR) is 77.7 cm³/mol. The number of para-hydroxylation sites is 1. The van der Waals surface area contributed by atoms with Crippen LogP contribution >= 0.6 is 0 Å². The van der Waals surface area contributed by atoms with Crippen LogP contribution in [0.5, 0.6) is 0 Å². The quantitative estimate of drug-likeness (QED) is 0.557. The highest BCUT2D eigenvalue weighted by Crippen LogP contribution is 2.07. The third-order valence-corrected chi connectivity index (χ3v) is 2.94. The Morgan fingerprint density at radius 2 is 1.22 bits per heavy atom. The highest BCUT2D eigenvalue weighted by atomic mass is 14.6. The van der Waals surface area contributed by atoms with Crippen molar-refractivity contribution in [3.05, 3.63) is 78.0 Å². The van der Waals surface area contributed by atoms with Gasteiger partial charge in [-0.2, -0.15) is 0 Å². The highest BCUT2D eigenvalue weighted by molar-refractivity contribution is 5.77. The summed E-state index contributed by atoms with van der Waals surface area (Å²) in [6, 6.07) is 20.4. The van der Waals surface area contributed by atoms with E-state index in [4.69, 9.17) is 0 Å². The number of aromatic nitrogens is 1. The lowest BCUT2D eigenvalue weighted by molar-refractivity contribution is 1.34. The molecule has 0 N–H and O–H groups in total. The number of benzene rings is 2. The number of aryl methyl sites for hydroxylation is 2. The second-order valence-corrected chi connectivity index (χ2v) is 4.28. The zero-order valence-corrected chi connectivity index (χ0v) is 10.8. The van der Waals surface area contributed by atoms with E-state index < -0.39 is 0 Å². The van der Waals surface area contributed by atoms with Crippen LogP contribution in [-0.2, 0) is 0 Å². The Kier molecular flexibility index (Phi) is 4.08. The van der Waals surface area contributed by atoms with Gasteiger partial charge < -0.3 is 0 Å². The molecular weight excluding hydrogens is 218 g/mol. The number of fused-ring (bicyclic) bond motifs is 1. The van der Waals surface area contributed by atoms with E-state index in [1.54, 1.807) is 0 Å². The molecule has 1 heteroatoms. The molecule has 3 rings (SSSR count). The van der Waals surface area contributed by atoms with Crippen molar-refractivity contribution in [1.29, 1.82) is 0 Å². The first-order valence-electron chi connectivity index (χ1n) is 6.09. The minimum atomic E-state index is 1.06. The summed E-state index contributed by atoms with van der Waals surface area (Å²) < 4.78 is 0. The molecule has 0 aliphatic rings. The normalized spacial score (nSPS) is 9.67. The van der Waals surface area contributed by atoms with Gasteiger partial charge in [-0.1, -0.05) is 48.5 Å². The van der Waals surface area contributed by atoms with Gasteiger partial charge in [0.15, 0.2) is 0 Å². The third-order valence-electron chi connectivity index (χ3n) is 2.94. The van der Waals surface area contributed by atoms with Crippen molar-refractivity contribution in [2.45, 2.75) is 13.8 Å². The Morgan fingerprint density at radius 3 is 1.83 bits per heavy atom. The van der Waals surface area contributed by atoms with Gasteiger partial charge in [-0.15, -0.1) is 0 Å². The molecule has 0 radical (unpaired) electrons. The van der Waals surface area contributed by atoms with E-state index in [0.29, 0.717) is 0 Å². The predicted octanol–water partition coefficient (Wildman–Crippen LogP) is 4.54. The fourth-order valence-corrected chi connectivity index (χ4v) is 1.68. The van der Waals surface area contributed by atoms with Gasteiger partial charge in [0, 0.05) is 11.6 Å². The Hall–Kier alpha value is -2.15. The number of rotatable bonds is 0. The average Bonchev–Trinajstić information content (AvgIpc) is 2.43. The molecule has 0 aliphatic carbocycles. The number of hydrogen-bond donors (Lipinski definition) is 0. The summed E-state index contributed by atoms with van der Waals surface area (Å²) in [5.74, 6) is 0. The molecule has 1 aromatic heterocycles. The van der Waals surface area contributed by atoms with Crippen LogP contribution in [-0.4, -0.2) is 4.98 Å². The maximum Gasteiger partial charge on any atom is 0.0701 e. The van der Waals surface area contributed by atoms with Crippen LogP contribution < -0.4 is 0 Å². The maximum atomic E-state index is 4.18. The standard InChI is InChI=1S/C9H7N.C8H10/c1-2-6-9-8(4-1)5-3-7-10-9;1-7-5-3-4-6-8(7)2/h1-7H;3-6H,1-2H3. The van der Waals surface area contributed by atoms with E-state index >= 15 is 0 Å². The lowest BCUT2D eigenvalue weighted by Gasteiger charge is -1.93. The van der Waals surface area contributed by atoms with Crippen LogP contribution in [0.25, 0.3) is 10.9 Å². The Balaban J connectivity index is 0.000000138. The van der Waals surface area contributed by atoms with Crippen molar-refractivity contribution in [1.82, 2.24) is 4.98 Å². The summed E-state index contributed by atoms with van der Waals surface area (Å²) in [5, 5.41) is 1.20. The van der Waals surface area contributed by atoms with Crippen molar-refractivity contribution in [2.24, 2.45) is 0 Å². The van der Waals surface area contributed by atoms with E-state index in [1.165, 1.54) is 16.5 Å². The second kappa shape index (κ2) is 5.97. The molecule has 3 aromatic rings. The molecule has 0 saturated carbocycles. The lowest BCUT2D eigenvalue weighted by atomic mass is 10.1. The van der Waals surface area contributed by atoms with Crippen LogP contribution in [0, 0.1) is 13.8 Å². The summed E-state index contributed by atoms with van der Waals surface area (Å²) >= 11 is 0. The fraction of sp³-hybridized carbons (Fsp3) is 0.118. The summed E-state index contributed by atoms with van der Waals surface area (Å²) in [7, 11) is 0. The highest BCUT2D eigenvalue weighted by Gasteiger charge is 1.86. The molecular formula is C17H17N. The van der Waals surface area contributed by atoms with Gasteiger partial charge >= 0.3 is 0 Å². The molecule has 90 valence electrons. The SMILES string of the molecule is Cc1ccccc1C.c1ccc2ncccc2c1. The molecule has 0 unspecified atom stereocenters. The topological polar surface area (TPSA) is 12.9 Å². The minimum Gasteiger partial charge on any atom is -0.256 e. The van der Waals surface area contributed by atoms with Gasteiger partial charge in [0.05, 0.1) is 5.52 Å². The molecule has 0 bridgehead atoms. The molecule has 0 spiro atoms. The lowest BCUT2D eigenvalue weighted by Crippen LogP contribution is -1.74. The van der Waals surface area contributed by atoms with E-state index in [1.807, 2.05) is 30.5 Å². The van der Waals surface area contributed by atoms with Crippen LogP contribution in [0.3, 0.4) is 0 Å². The number of hydrogen-bond acceptors (Lipinski definition) is 1. The van der Waals surface area contributed by atoms with E-state index in [9.17, 15) is 0 Å². The molecule has 0 aliphatic heterocycles. The largest absolute Gasteiger partial charge is 0.256 e.